The molecular weight excluding hydrogens is 260 g/mol. The minimum absolute atomic E-state index is 0.0329. The minimum Gasteiger partial charge on any atom is -0.452 e. The third kappa shape index (κ3) is 2.65. The second-order valence-corrected chi connectivity index (χ2v) is 3.88. The molecule has 1 aliphatic rings. The number of rotatable bonds is 5. The summed E-state index contributed by atoms with van der Waals surface area (Å²) in [5.74, 6) is 0.843. The third-order valence-corrected chi connectivity index (χ3v) is 2.50. The zero-order valence-electron chi connectivity index (χ0n) is 9.34. The number of nitrogens with one attached hydrogen (secondary N) is 1. The van der Waals surface area contributed by atoms with Crippen molar-refractivity contribution >= 4 is 17.3 Å². The fourth-order valence-corrected chi connectivity index (χ4v) is 1.63. The normalized spacial score (nSPS) is 17.6. The molecule has 1 heterocycles. The molecule has 1 N–H and O–H groups in total. The van der Waals surface area contributed by atoms with E-state index in [2.05, 4.69) is 5.32 Å². The lowest BCUT2D eigenvalue weighted by Gasteiger charge is -2.12. The predicted octanol–water partition coefficient (Wildman–Crippen LogP) is 2.27. The van der Waals surface area contributed by atoms with Gasteiger partial charge in [-0.05, 0) is 6.07 Å². The van der Waals surface area contributed by atoms with Crippen LogP contribution in [0.4, 0.5) is 5.69 Å². The summed E-state index contributed by atoms with van der Waals surface area (Å²) in [6.07, 6.45) is 0.581. The van der Waals surface area contributed by atoms with Gasteiger partial charge in [-0.1, -0.05) is 12.1 Å². The highest BCUT2D eigenvalue weighted by Gasteiger charge is 2.28. The lowest BCUT2D eigenvalue weighted by molar-refractivity contribution is -0.386. The number of nitro benzene ring substituents is 1. The molecule has 0 bridgehead atoms. The summed E-state index contributed by atoms with van der Waals surface area (Å²) in [5, 5.41) is 13.8. The third-order valence-electron chi connectivity index (χ3n) is 2.31. The number of benzene rings is 1. The van der Waals surface area contributed by atoms with Crippen LogP contribution in [-0.4, -0.2) is 17.3 Å². The van der Waals surface area contributed by atoms with Crippen molar-refractivity contribution in [2.75, 3.05) is 12.4 Å². The molecule has 0 aliphatic carbocycles. The van der Waals surface area contributed by atoms with Gasteiger partial charge < -0.3 is 14.8 Å². The van der Waals surface area contributed by atoms with Gasteiger partial charge in [0.2, 0.25) is 5.88 Å². The Kier molecular flexibility index (Phi) is 3.88. The van der Waals surface area contributed by atoms with E-state index in [-0.39, 0.29) is 5.69 Å². The molecular formula is C11H11ClN2O4. The topological polar surface area (TPSA) is 73.6 Å². The molecule has 0 aromatic heterocycles. The Morgan fingerprint density at radius 1 is 1.44 bits per heavy atom. The fourth-order valence-electron chi connectivity index (χ4n) is 1.54. The molecule has 1 unspecified atom stereocenters. The van der Waals surface area contributed by atoms with Crippen LogP contribution in [-0.2, 0) is 9.47 Å². The average Bonchev–Trinajstić information content (AvgIpc) is 2.85. The van der Waals surface area contributed by atoms with E-state index in [0.717, 1.165) is 0 Å². The number of ether oxygens (including phenoxy) is 2. The summed E-state index contributed by atoms with van der Waals surface area (Å²) in [5.41, 5.74) is 0.343. The molecule has 1 aromatic carbocycles. The van der Waals surface area contributed by atoms with Gasteiger partial charge in [-0.15, -0.1) is 11.6 Å². The Balaban J connectivity index is 2.09. The van der Waals surface area contributed by atoms with Crippen molar-refractivity contribution in [2.45, 2.75) is 6.29 Å². The molecule has 0 radical (unpaired) electrons. The SMILES string of the molecule is O=[N+]([O-])c1ccccc1C1OC=C(NCCCl)O1. The lowest BCUT2D eigenvalue weighted by Crippen LogP contribution is -2.16. The molecule has 96 valence electrons. The largest absolute Gasteiger partial charge is 0.452 e. The maximum atomic E-state index is 10.9. The number of alkyl halides is 1. The van der Waals surface area contributed by atoms with Crippen LogP contribution in [0.25, 0.3) is 0 Å². The zero-order valence-corrected chi connectivity index (χ0v) is 10.1. The van der Waals surface area contributed by atoms with Gasteiger partial charge in [0.1, 0.15) is 11.8 Å². The van der Waals surface area contributed by atoms with E-state index in [1.165, 1.54) is 12.3 Å². The number of nitro groups is 1. The summed E-state index contributed by atoms with van der Waals surface area (Å²) in [4.78, 5) is 10.4. The molecule has 18 heavy (non-hydrogen) atoms. The molecule has 2 rings (SSSR count). The summed E-state index contributed by atoms with van der Waals surface area (Å²) < 4.78 is 10.7. The summed E-state index contributed by atoms with van der Waals surface area (Å²) >= 11 is 5.52. The van der Waals surface area contributed by atoms with E-state index in [0.29, 0.717) is 23.9 Å². The van der Waals surface area contributed by atoms with Gasteiger partial charge in [-0.25, -0.2) is 0 Å². The molecule has 0 saturated carbocycles. The first-order valence-corrected chi connectivity index (χ1v) is 5.81. The van der Waals surface area contributed by atoms with Crippen LogP contribution >= 0.6 is 11.6 Å². The van der Waals surface area contributed by atoms with Crippen LogP contribution in [0.5, 0.6) is 0 Å². The molecule has 0 saturated heterocycles. The quantitative estimate of drug-likeness (QED) is 0.505. The van der Waals surface area contributed by atoms with E-state index >= 15 is 0 Å². The standard InChI is InChI=1S/C11H11ClN2O4/c12-5-6-13-10-7-17-11(18-10)8-3-1-2-4-9(8)14(15)16/h1-4,7,11,13H,5-6H2. The van der Waals surface area contributed by atoms with Crippen molar-refractivity contribution in [3.8, 4) is 0 Å². The van der Waals surface area contributed by atoms with Gasteiger partial charge in [0.25, 0.3) is 12.0 Å². The smallest absolute Gasteiger partial charge is 0.280 e. The molecule has 0 fully saturated rings. The van der Waals surface area contributed by atoms with Crippen LogP contribution in [0.2, 0.25) is 0 Å². The fraction of sp³-hybridized carbons (Fsp3) is 0.273. The maximum Gasteiger partial charge on any atom is 0.280 e. The van der Waals surface area contributed by atoms with Gasteiger partial charge in [0, 0.05) is 18.5 Å². The van der Waals surface area contributed by atoms with Crippen molar-refractivity contribution in [1.29, 1.82) is 0 Å². The number of hydrogen-bond donors (Lipinski definition) is 1. The Bertz CT molecular complexity index is 478. The van der Waals surface area contributed by atoms with E-state index in [1.807, 2.05) is 0 Å². The van der Waals surface area contributed by atoms with E-state index in [9.17, 15) is 10.1 Å². The molecule has 7 heteroatoms. The summed E-state index contributed by atoms with van der Waals surface area (Å²) in [6.45, 7) is 0.528. The van der Waals surface area contributed by atoms with Crippen LogP contribution in [0.15, 0.2) is 36.4 Å². The Labute approximate surface area is 108 Å². The maximum absolute atomic E-state index is 10.9. The van der Waals surface area contributed by atoms with E-state index in [1.54, 1.807) is 18.2 Å². The second kappa shape index (κ2) is 5.59. The van der Waals surface area contributed by atoms with Crippen molar-refractivity contribution in [1.82, 2.24) is 5.32 Å². The minimum atomic E-state index is -0.801. The van der Waals surface area contributed by atoms with Crippen LogP contribution < -0.4 is 5.32 Å². The van der Waals surface area contributed by atoms with Crippen molar-refractivity contribution in [2.24, 2.45) is 0 Å². The predicted molar refractivity (Wildman–Crippen MR) is 64.8 cm³/mol. The van der Waals surface area contributed by atoms with Crippen LogP contribution in [0, 0.1) is 10.1 Å². The number of para-hydroxylation sites is 1. The Hall–Kier alpha value is -1.95. The summed E-state index contributed by atoms with van der Waals surface area (Å²) in [7, 11) is 0. The van der Waals surface area contributed by atoms with Gasteiger partial charge in [-0.2, -0.15) is 0 Å². The van der Waals surface area contributed by atoms with Crippen molar-refractivity contribution in [3.05, 3.63) is 52.1 Å². The monoisotopic (exact) mass is 270 g/mol. The van der Waals surface area contributed by atoms with Gasteiger partial charge in [0.15, 0.2) is 0 Å². The zero-order chi connectivity index (χ0) is 13.0. The lowest BCUT2D eigenvalue weighted by atomic mass is 10.2. The number of nitrogens with zero attached hydrogens (tertiary/aromatic N) is 1. The molecule has 0 spiro atoms. The number of hydrogen-bond acceptors (Lipinski definition) is 5. The van der Waals surface area contributed by atoms with Crippen LogP contribution in [0.3, 0.4) is 0 Å². The first-order chi connectivity index (χ1) is 8.72. The molecule has 1 atom stereocenters. The Morgan fingerprint density at radius 3 is 2.94 bits per heavy atom. The molecule has 0 amide bonds. The first kappa shape index (κ1) is 12.5. The van der Waals surface area contributed by atoms with E-state index in [4.69, 9.17) is 21.1 Å². The van der Waals surface area contributed by atoms with Gasteiger partial charge in [-0.3, -0.25) is 10.1 Å². The molecule has 1 aliphatic heterocycles. The van der Waals surface area contributed by atoms with Crippen molar-refractivity contribution < 1.29 is 14.4 Å². The number of halogens is 1. The molecule has 1 aromatic rings. The Morgan fingerprint density at radius 2 is 2.22 bits per heavy atom. The average molecular weight is 271 g/mol. The van der Waals surface area contributed by atoms with Crippen molar-refractivity contribution in [3.63, 3.8) is 0 Å². The summed E-state index contributed by atoms with van der Waals surface area (Å²) in [6, 6.07) is 6.29. The highest BCUT2D eigenvalue weighted by Crippen LogP contribution is 2.32. The van der Waals surface area contributed by atoms with E-state index < -0.39 is 11.2 Å². The van der Waals surface area contributed by atoms with Crippen LogP contribution in [0.1, 0.15) is 11.9 Å². The van der Waals surface area contributed by atoms with Gasteiger partial charge >= 0.3 is 0 Å². The highest BCUT2D eigenvalue weighted by atomic mass is 35.5. The highest BCUT2D eigenvalue weighted by molar-refractivity contribution is 6.18. The van der Waals surface area contributed by atoms with Gasteiger partial charge in [0.05, 0.1) is 4.92 Å². The second-order valence-electron chi connectivity index (χ2n) is 3.50. The molecule has 6 nitrogen and oxygen atoms in total. The first-order valence-electron chi connectivity index (χ1n) is 5.28.